The lowest BCUT2D eigenvalue weighted by Crippen LogP contribution is -2.23. The number of benzene rings is 1. The van der Waals surface area contributed by atoms with Gasteiger partial charge in [-0.25, -0.2) is 8.78 Å². The van der Waals surface area contributed by atoms with E-state index in [4.69, 9.17) is 0 Å². The summed E-state index contributed by atoms with van der Waals surface area (Å²) in [6.07, 6.45) is 5.67. The fourth-order valence-corrected chi connectivity index (χ4v) is 3.25. The van der Waals surface area contributed by atoms with Gasteiger partial charge < -0.3 is 10.2 Å². The molecule has 1 aliphatic carbocycles. The summed E-state index contributed by atoms with van der Waals surface area (Å²) in [4.78, 5) is 1.88. The highest BCUT2D eigenvalue weighted by atomic mass is 19.1. The minimum Gasteiger partial charge on any atom is -0.367 e. The highest BCUT2D eigenvalue weighted by molar-refractivity contribution is 5.51. The van der Waals surface area contributed by atoms with Gasteiger partial charge >= 0.3 is 0 Å². The van der Waals surface area contributed by atoms with E-state index in [1.165, 1.54) is 25.0 Å². The van der Waals surface area contributed by atoms with Crippen molar-refractivity contribution in [1.82, 2.24) is 5.32 Å². The second-order valence-corrected chi connectivity index (χ2v) is 6.45. The highest BCUT2D eigenvalue weighted by Gasteiger charge is 2.27. The van der Waals surface area contributed by atoms with E-state index in [-0.39, 0.29) is 5.69 Å². The second kappa shape index (κ2) is 6.30. The molecule has 1 saturated heterocycles. The summed E-state index contributed by atoms with van der Waals surface area (Å²) in [5.74, 6) is -0.260. The SMILES string of the molecule is CCCC1CCN(c2c(F)cc(CNC3CC3)cc2F)C1. The zero-order valence-corrected chi connectivity index (χ0v) is 12.7. The Bertz CT molecular complexity index is 477. The molecule has 1 saturated carbocycles. The summed E-state index contributed by atoms with van der Waals surface area (Å²) >= 11 is 0. The largest absolute Gasteiger partial charge is 0.367 e. The molecule has 1 atom stereocenters. The third-order valence-corrected chi connectivity index (χ3v) is 4.55. The van der Waals surface area contributed by atoms with Crippen molar-refractivity contribution in [2.45, 2.75) is 51.6 Å². The molecule has 1 N–H and O–H groups in total. The van der Waals surface area contributed by atoms with Crippen LogP contribution in [-0.4, -0.2) is 19.1 Å². The quantitative estimate of drug-likeness (QED) is 0.857. The molecule has 3 rings (SSSR count). The van der Waals surface area contributed by atoms with Gasteiger partial charge in [-0.1, -0.05) is 13.3 Å². The van der Waals surface area contributed by atoms with E-state index >= 15 is 0 Å². The van der Waals surface area contributed by atoms with E-state index < -0.39 is 11.6 Å². The van der Waals surface area contributed by atoms with E-state index in [9.17, 15) is 8.78 Å². The van der Waals surface area contributed by atoms with Crippen molar-refractivity contribution in [3.8, 4) is 0 Å². The molecule has 116 valence electrons. The molecule has 2 fully saturated rings. The molecule has 1 heterocycles. The van der Waals surface area contributed by atoms with Crippen molar-refractivity contribution in [2.24, 2.45) is 5.92 Å². The summed E-state index contributed by atoms with van der Waals surface area (Å²) < 4.78 is 28.6. The Morgan fingerprint density at radius 3 is 2.52 bits per heavy atom. The summed E-state index contributed by atoms with van der Waals surface area (Å²) in [5, 5.41) is 3.29. The van der Waals surface area contributed by atoms with E-state index in [1.54, 1.807) is 0 Å². The van der Waals surface area contributed by atoms with E-state index in [1.807, 2.05) is 4.90 Å². The smallest absolute Gasteiger partial charge is 0.149 e. The fourth-order valence-electron chi connectivity index (χ4n) is 3.25. The Labute approximate surface area is 125 Å². The van der Waals surface area contributed by atoms with E-state index in [2.05, 4.69) is 12.2 Å². The molecule has 0 amide bonds. The van der Waals surface area contributed by atoms with Gasteiger partial charge in [-0.15, -0.1) is 0 Å². The second-order valence-electron chi connectivity index (χ2n) is 6.45. The first-order valence-electron chi connectivity index (χ1n) is 8.13. The number of rotatable bonds is 6. The van der Waals surface area contributed by atoms with Crippen LogP contribution in [-0.2, 0) is 6.54 Å². The number of nitrogens with zero attached hydrogens (tertiary/aromatic N) is 1. The molecule has 1 aromatic carbocycles. The van der Waals surface area contributed by atoms with Gasteiger partial charge in [-0.05, 0) is 49.3 Å². The van der Waals surface area contributed by atoms with E-state index in [0.29, 0.717) is 24.1 Å². The molecular weight excluding hydrogens is 270 g/mol. The molecule has 0 aromatic heterocycles. The van der Waals surface area contributed by atoms with Crippen LogP contribution in [0.3, 0.4) is 0 Å². The number of anilines is 1. The maximum atomic E-state index is 14.3. The van der Waals surface area contributed by atoms with Crippen LogP contribution in [0.25, 0.3) is 0 Å². The van der Waals surface area contributed by atoms with Crippen LogP contribution >= 0.6 is 0 Å². The third kappa shape index (κ3) is 3.54. The van der Waals surface area contributed by atoms with Crippen molar-refractivity contribution < 1.29 is 8.78 Å². The highest BCUT2D eigenvalue weighted by Crippen LogP contribution is 2.31. The summed E-state index contributed by atoms with van der Waals surface area (Å²) in [6, 6.07) is 3.52. The standard InChI is InChI=1S/C17H24F2N2/c1-2-3-12-6-7-21(11-12)17-15(18)8-13(9-16(17)19)10-20-14-4-5-14/h8-9,12,14,20H,2-7,10-11H2,1H3. The van der Waals surface area contributed by atoms with Crippen molar-refractivity contribution >= 4 is 5.69 Å². The van der Waals surface area contributed by atoms with Crippen LogP contribution in [0.2, 0.25) is 0 Å². The molecule has 2 nitrogen and oxygen atoms in total. The molecule has 0 spiro atoms. The number of hydrogen-bond donors (Lipinski definition) is 1. The molecule has 21 heavy (non-hydrogen) atoms. The first-order chi connectivity index (χ1) is 10.2. The van der Waals surface area contributed by atoms with Crippen molar-refractivity contribution in [1.29, 1.82) is 0 Å². The number of halogens is 2. The molecule has 4 heteroatoms. The predicted octanol–water partition coefficient (Wildman–Crippen LogP) is 3.84. The number of nitrogens with one attached hydrogen (secondary N) is 1. The maximum absolute atomic E-state index is 14.3. The van der Waals surface area contributed by atoms with Gasteiger partial charge in [0.05, 0.1) is 0 Å². The normalized spacial score (nSPS) is 22.0. The van der Waals surface area contributed by atoms with Crippen LogP contribution in [0, 0.1) is 17.6 Å². The van der Waals surface area contributed by atoms with Gasteiger partial charge in [-0.3, -0.25) is 0 Å². The van der Waals surface area contributed by atoms with Crippen LogP contribution in [0.1, 0.15) is 44.6 Å². The van der Waals surface area contributed by atoms with Gasteiger partial charge in [0.2, 0.25) is 0 Å². The Morgan fingerprint density at radius 1 is 1.19 bits per heavy atom. The summed E-state index contributed by atoms with van der Waals surface area (Å²) in [5.41, 5.74) is 0.869. The molecule has 2 aliphatic rings. The predicted molar refractivity (Wildman–Crippen MR) is 81.4 cm³/mol. The van der Waals surface area contributed by atoms with E-state index in [0.717, 1.165) is 32.4 Å². The van der Waals surface area contributed by atoms with Gasteiger partial charge in [0.25, 0.3) is 0 Å². The van der Waals surface area contributed by atoms with Crippen LogP contribution in [0.4, 0.5) is 14.5 Å². The van der Waals surface area contributed by atoms with Gasteiger partial charge in [0.1, 0.15) is 17.3 Å². The minimum atomic E-state index is -0.417. The van der Waals surface area contributed by atoms with Crippen LogP contribution in [0.5, 0.6) is 0 Å². The van der Waals surface area contributed by atoms with Crippen LogP contribution < -0.4 is 10.2 Å². The average Bonchev–Trinajstić information content (AvgIpc) is 3.16. The lowest BCUT2D eigenvalue weighted by atomic mass is 10.0. The minimum absolute atomic E-state index is 0.170. The Kier molecular flexibility index (Phi) is 4.43. The fraction of sp³-hybridized carbons (Fsp3) is 0.647. The Balaban J connectivity index is 1.70. The Morgan fingerprint density at radius 2 is 1.90 bits per heavy atom. The Hall–Kier alpha value is -1.16. The molecule has 1 unspecified atom stereocenters. The molecule has 1 aliphatic heterocycles. The zero-order valence-electron chi connectivity index (χ0n) is 12.7. The number of hydrogen-bond acceptors (Lipinski definition) is 2. The van der Waals surface area contributed by atoms with Crippen LogP contribution in [0.15, 0.2) is 12.1 Å². The van der Waals surface area contributed by atoms with Gasteiger partial charge in [0, 0.05) is 25.7 Å². The summed E-state index contributed by atoms with van der Waals surface area (Å²) in [7, 11) is 0. The van der Waals surface area contributed by atoms with Crippen molar-refractivity contribution in [3.63, 3.8) is 0 Å². The first-order valence-corrected chi connectivity index (χ1v) is 8.13. The molecule has 1 aromatic rings. The van der Waals surface area contributed by atoms with Gasteiger partial charge in [-0.2, -0.15) is 0 Å². The molecule has 0 bridgehead atoms. The van der Waals surface area contributed by atoms with Crippen molar-refractivity contribution in [2.75, 3.05) is 18.0 Å². The topological polar surface area (TPSA) is 15.3 Å². The molecular formula is C17H24F2N2. The lowest BCUT2D eigenvalue weighted by molar-refractivity contribution is 0.526. The lowest BCUT2D eigenvalue weighted by Gasteiger charge is -2.21. The average molecular weight is 294 g/mol. The monoisotopic (exact) mass is 294 g/mol. The van der Waals surface area contributed by atoms with Crippen molar-refractivity contribution in [3.05, 3.63) is 29.3 Å². The van der Waals surface area contributed by atoms with Gasteiger partial charge in [0.15, 0.2) is 0 Å². The third-order valence-electron chi connectivity index (χ3n) is 4.55. The zero-order chi connectivity index (χ0) is 14.8. The maximum Gasteiger partial charge on any atom is 0.149 e. The summed E-state index contributed by atoms with van der Waals surface area (Å²) in [6.45, 7) is 4.25. The molecule has 0 radical (unpaired) electrons. The first kappa shape index (κ1) is 14.8.